The molecule has 0 aromatic heterocycles. The summed E-state index contributed by atoms with van der Waals surface area (Å²) in [5.41, 5.74) is 0. The maximum Gasteiger partial charge on any atom is 0.326 e. The van der Waals surface area contributed by atoms with Crippen LogP contribution in [0.4, 0.5) is 0 Å². The lowest BCUT2D eigenvalue weighted by molar-refractivity contribution is -0.141. The number of rotatable bonds is 2. The Morgan fingerprint density at radius 2 is 1.83 bits per heavy atom. The van der Waals surface area contributed by atoms with Crippen molar-refractivity contribution in [2.24, 2.45) is 0 Å². The zero-order valence-corrected chi connectivity index (χ0v) is 9.63. The molecule has 2 aliphatic heterocycles. The Morgan fingerprint density at radius 1 is 1.17 bits per heavy atom. The standard InChI is InChI=1S/C5H9NO3.C5H7NO3/c7-3-1-2-6-4(3)5(8)9;7-4-2-1-3(6-4)5(8)9/h3-4,6-7H,1-2H2,(H,8,9);3H,1-2H2,(H,6,7)(H,8,9)/t3?,4-;3-/m00/s1. The molecule has 5 N–H and O–H groups in total. The smallest absolute Gasteiger partial charge is 0.326 e. The van der Waals surface area contributed by atoms with Gasteiger partial charge in [-0.25, -0.2) is 4.79 Å². The van der Waals surface area contributed by atoms with Crippen LogP contribution in [0.2, 0.25) is 0 Å². The molecule has 1 amide bonds. The number of amides is 1. The second-order valence-corrected chi connectivity index (χ2v) is 4.12. The van der Waals surface area contributed by atoms with Crippen LogP contribution in [0, 0.1) is 0 Å². The van der Waals surface area contributed by atoms with Gasteiger partial charge in [0.1, 0.15) is 12.1 Å². The fourth-order valence-corrected chi connectivity index (χ4v) is 1.74. The van der Waals surface area contributed by atoms with Gasteiger partial charge in [0, 0.05) is 6.42 Å². The third kappa shape index (κ3) is 3.97. The second kappa shape index (κ2) is 6.31. The van der Waals surface area contributed by atoms with E-state index in [-0.39, 0.29) is 5.91 Å². The van der Waals surface area contributed by atoms with E-state index in [0.717, 1.165) is 0 Å². The first kappa shape index (κ1) is 14.4. The van der Waals surface area contributed by atoms with Crippen molar-refractivity contribution >= 4 is 17.8 Å². The van der Waals surface area contributed by atoms with Crippen LogP contribution in [0.5, 0.6) is 0 Å². The van der Waals surface area contributed by atoms with Crippen molar-refractivity contribution in [3.05, 3.63) is 0 Å². The number of aliphatic hydroxyl groups is 1. The van der Waals surface area contributed by atoms with Crippen molar-refractivity contribution in [3.8, 4) is 0 Å². The lowest BCUT2D eigenvalue weighted by atomic mass is 10.2. The maximum atomic E-state index is 10.4. The fraction of sp³-hybridized carbons (Fsp3) is 0.700. The van der Waals surface area contributed by atoms with Gasteiger partial charge in [0.2, 0.25) is 5.91 Å². The van der Waals surface area contributed by atoms with Crippen molar-refractivity contribution < 1.29 is 29.7 Å². The topological polar surface area (TPSA) is 136 Å². The summed E-state index contributed by atoms with van der Waals surface area (Å²) in [7, 11) is 0. The summed E-state index contributed by atoms with van der Waals surface area (Å²) in [6.45, 7) is 0.595. The first-order valence-corrected chi connectivity index (χ1v) is 5.58. The van der Waals surface area contributed by atoms with E-state index in [1.165, 1.54) is 0 Å². The van der Waals surface area contributed by atoms with Crippen LogP contribution >= 0.6 is 0 Å². The van der Waals surface area contributed by atoms with E-state index in [0.29, 0.717) is 25.8 Å². The Hall–Kier alpha value is -1.67. The minimum atomic E-state index is -0.972. The van der Waals surface area contributed by atoms with Crippen molar-refractivity contribution in [3.63, 3.8) is 0 Å². The minimum absolute atomic E-state index is 0.164. The number of hydrogen-bond donors (Lipinski definition) is 5. The highest BCUT2D eigenvalue weighted by molar-refractivity contribution is 5.87. The number of carboxylic acids is 2. The van der Waals surface area contributed by atoms with Crippen LogP contribution in [0.3, 0.4) is 0 Å². The molecule has 2 saturated heterocycles. The molecular weight excluding hydrogens is 244 g/mol. The zero-order chi connectivity index (χ0) is 13.7. The molecule has 2 aliphatic rings. The van der Waals surface area contributed by atoms with Gasteiger partial charge >= 0.3 is 11.9 Å². The maximum absolute atomic E-state index is 10.4. The predicted octanol–water partition coefficient (Wildman–Crippen LogP) is -1.86. The van der Waals surface area contributed by atoms with Crippen LogP contribution in [0.25, 0.3) is 0 Å². The molecule has 8 nitrogen and oxygen atoms in total. The molecule has 0 aliphatic carbocycles. The Kier molecular flexibility index (Phi) is 5.05. The molecule has 0 saturated carbocycles. The Labute approximate surface area is 103 Å². The number of carbonyl (C=O) groups excluding carboxylic acids is 1. The van der Waals surface area contributed by atoms with E-state index in [2.05, 4.69) is 10.6 Å². The van der Waals surface area contributed by atoms with Crippen LogP contribution < -0.4 is 10.6 Å². The van der Waals surface area contributed by atoms with Gasteiger partial charge in [0.25, 0.3) is 0 Å². The molecule has 2 heterocycles. The molecule has 2 fully saturated rings. The normalized spacial score (nSPS) is 30.3. The van der Waals surface area contributed by atoms with Gasteiger partial charge in [-0.1, -0.05) is 0 Å². The lowest BCUT2D eigenvalue weighted by Crippen LogP contribution is -2.38. The predicted molar refractivity (Wildman–Crippen MR) is 58.9 cm³/mol. The van der Waals surface area contributed by atoms with Gasteiger partial charge in [0.15, 0.2) is 0 Å². The average Bonchev–Trinajstić information content (AvgIpc) is 2.87. The van der Waals surface area contributed by atoms with E-state index in [1.807, 2.05) is 0 Å². The number of aliphatic carboxylic acids is 2. The third-order valence-corrected chi connectivity index (χ3v) is 2.75. The molecule has 102 valence electrons. The van der Waals surface area contributed by atoms with E-state index in [4.69, 9.17) is 15.3 Å². The first-order valence-electron chi connectivity index (χ1n) is 5.58. The molecular formula is C10H16N2O6. The van der Waals surface area contributed by atoms with Crippen LogP contribution in [-0.2, 0) is 14.4 Å². The van der Waals surface area contributed by atoms with Crippen LogP contribution in [-0.4, -0.2) is 57.9 Å². The summed E-state index contributed by atoms with van der Waals surface area (Å²) in [5.74, 6) is -2.08. The molecule has 0 spiro atoms. The van der Waals surface area contributed by atoms with Crippen molar-refractivity contribution in [2.45, 2.75) is 37.5 Å². The van der Waals surface area contributed by atoms with Crippen molar-refractivity contribution in [1.29, 1.82) is 0 Å². The van der Waals surface area contributed by atoms with Crippen molar-refractivity contribution in [2.75, 3.05) is 6.54 Å². The Morgan fingerprint density at radius 3 is 2.06 bits per heavy atom. The molecule has 1 unspecified atom stereocenters. The van der Waals surface area contributed by atoms with E-state index in [9.17, 15) is 14.4 Å². The van der Waals surface area contributed by atoms with Gasteiger partial charge in [-0.3, -0.25) is 9.59 Å². The van der Waals surface area contributed by atoms with Crippen LogP contribution in [0.15, 0.2) is 0 Å². The number of carboxylic acid groups (broad SMARTS) is 2. The van der Waals surface area contributed by atoms with E-state index >= 15 is 0 Å². The lowest BCUT2D eigenvalue weighted by Gasteiger charge is -2.06. The Bertz CT molecular complexity index is 345. The molecule has 8 heteroatoms. The quantitative estimate of drug-likeness (QED) is 0.393. The molecule has 3 atom stereocenters. The fourth-order valence-electron chi connectivity index (χ4n) is 1.74. The summed E-state index contributed by atoms with van der Waals surface area (Å²) < 4.78 is 0. The first-order chi connectivity index (χ1) is 8.41. The largest absolute Gasteiger partial charge is 0.480 e. The van der Waals surface area contributed by atoms with Crippen molar-refractivity contribution in [1.82, 2.24) is 10.6 Å². The number of nitrogens with one attached hydrogen (secondary N) is 2. The number of carbonyl (C=O) groups is 3. The Balaban J connectivity index is 0.000000180. The molecule has 2 rings (SSSR count). The minimum Gasteiger partial charge on any atom is -0.480 e. The molecule has 0 bridgehead atoms. The average molecular weight is 260 g/mol. The van der Waals surface area contributed by atoms with E-state index < -0.39 is 30.1 Å². The number of hydrogen-bond acceptors (Lipinski definition) is 5. The summed E-state index contributed by atoms with van der Waals surface area (Å²) in [6, 6.07) is -1.39. The van der Waals surface area contributed by atoms with Gasteiger partial charge in [-0.15, -0.1) is 0 Å². The van der Waals surface area contributed by atoms with Gasteiger partial charge in [0.05, 0.1) is 6.10 Å². The molecule has 0 aromatic rings. The molecule has 18 heavy (non-hydrogen) atoms. The second-order valence-electron chi connectivity index (χ2n) is 4.12. The summed E-state index contributed by atoms with van der Waals surface area (Å²) in [6.07, 6.45) is 0.602. The zero-order valence-electron chi connectivity index (χ0n) is 9.63. The highest BCUT2D eigenvalue weighted by Crippen LogP contribution is 2.06. The van der Waals surface area contributed by atoms with Gasteiger partial charge in [-0.05, 0) is 19.4 Å². The summed E-state index contributed by atoms with van der Waals surface area (Å²) >= 11 is 0. The van der Waals surface area contributed by atoms with Gasteiger partial charge in [-0.2, -0.15) is 0 Å². The summed E-state index contributed by atoms with van der Waals surface area (Å²) in [4.78, 5) is 30.7. The monoisotopic (exact) mass is 260 g/mol. The van der Waals surface area contributed by atoms with Gasteiger partial charge < -0.3 is 26.0 Å². The third-order valence-electron chi connectivity index (χ3n) is 2.75. The van der Waals surface area contributed by atoms with Crippen LogP contribution in [0.1, 0.15) is 19.3 Å². The highest BCUT2D eigenvalue weighted by atomic mass is 16.4. The molecule has 0 aromatic carbocycles. The SMILES string of the molecule is O=C(O)[C@H]1NCCC1O.O=C1CC[C@@H](C(=O)O)N1. The summed E-state index contributed by atoms with van der Waals surface area (Å²) in [5, 5.41) is 30.6. The highest BCUT2D eigenvalue weighted by Gasteiger charge is 2.30. The van der Waals surface area contributed by atoms with E-state index in [1.54, 1.807) is 0 Å². The number of aliphatic hydroxyl groups excluding tert-OH is 1. The molecule has 0 radical (unpaired) electrons.